The average molecular weight is 340 g/mol. The van der Waals surface area contributed by atoms with Crippen LogP contribution in [0.1, 0.15) is 21.5 Å². The van der Waals surface area contributed by atoms with Crippen LogP contribution in [-0.4, -0.2) is 28.8 Å². The van der Waals surface area contributed by atoms with Gasteiger partial charge in [0.15, 0.2) is 6.61 Å². The fourth-order valence-electron chi connectivity index (χ4n) is 1.98. The summed E-state index contributed by atoms with van der Waals surface area (Å²) in [7, 11) is 0. The summed E-state index contributed by atoms with van der Waals surface area (Å²) in [4.78, 5) is 15.9. The molecule has 0 bridgehead atoms. The Balaban J connectivity index is 2.07. The third-order valence-electron chi connectivity index (χ3n) is 3.12. The lowest BCUT2D eigenvalue weighted by Gasteiger charge is -2.13. The van der Waals surface area contributed by atoms with Crippen LogP contribution in [0, 0.1) is 0 Å². The standard InChI is InChI=1S/C16H15F3N2O3/c17-16(18,19)10-24-15-13(6-3-7-20-15)14(23)21-8-11-4-1-2-5-12(11)9-22/h1-7,22H,8-10H2,(H,21,23). The molecule has 0 saturated heterocycles. The largest absolute Gasteiger partial charge is 0.467 e. The van der Waals surface area contributed by atoms with E-state index in [-0.39, 0.29) is 24.6 Å². The quantitative estimate of drug-likeness (QED) is 0.847. The van der Waals surface area contributed by atoms with Crippen LogP contribution in [0.15, 0.2) is 42.6 Å². The van der Waals surface area contributed by atoms with Crippen molar-refractivity contribution in [2.24, 2.45) is 0 Å². The summed E-state index contributed by atoms with van der Waals surface area (Å²) in [5, 5.41) is 11.8. The van der Waals surface area contributed by atoms with E-state index < -0.39 is 18.7 Å². The lowest BCUT2D eigenvalue weighted by atomic mass is 10.1. The number of aromatic nitrogens is 1. The van der Waals surface area contributed by atoms with Gasteiger partial charge in [-0.05, 0) is 23.3 Å². The Morgan fingerprint density at radius 1 is 1.17 bits per heavy atom. The smallest absolute Gasteiger partial charge is 0.422 e. The van der Waals surface area contributed by atoms with E-state index in [1.807, 2.05) is 0 Å². The Hall–Kier alpha value is -2.61. The number of aliphatic hydroxyl groups is 1. The van der Waals surface area contributed by atoms with Crippen LogP contribution in [0.4, 0.5) is 13.2 Å². The fraction of sp³-hybridized carbons (Fsp3) is 0.250. The summed E-state index contributed by atoms with van der Waals surface area (Å²) in [6.45, 7) is -1.60. The van der Waals surface area contributed by atoms with Crippen molar-refractivity contribution in [2.45, 2.75) is 19.3 Å². The van der Waals surface area contributed by atoms with Gasteiger partial charge in [0.05, 0.1) is 6.61 Å². The minimum Gasteiger partial charge on any atom is -0.467 e. The van der Waals surface area contributed by atoms with Gasteiger partial charge in [0.25, 0.3) is 5.91 Å². The van der Waals surface area contributed by atoms with Gasteiger partial charge in [0.1, 0.15) is 5.56 Å². The molecule has 5 nitrogen and oxygen atoms in total. The lowest BCUT2D eigenvalue weighted by Crippen LogP contribution is -2.26. The van der Waals surface area contributed by atoms with Gasteiger partial charge in [-0.25, -0.2) is 4.98 Å². The minimum atomic E-state index is -4.52. The summed E-state index contributed by atoms with van der Waals surface area (Å²) in [5.41, 5.74) is 1.26. The number of hydrogen-bond acceptors (Lipinski definition) is 4. The second kappa shape index (κ2) is 7.78. The number of amides is 1. The molecule has 2 rings (SSSR count). The highest BCUT2D eigenvalue weighted by Gasteiger charge is 2.29. The first-order valence-corrected chi connectivity index (χ1v) is 7.01. The van der Waals surface area contributed by atoms with Crippen LogP contribution in [0.5, 0.6) is 5.88 Å². The number of hydrogen-bond donors (Lipinski definition) is 2. The summed E-state index contributed by atoms with van der Waals surface area (Å²) >= 11 is 0. The molecule has 0 aliphatic rings. The number of aliphatic hydroxyl groups excluding tert-OH is 1. The van der Waals surface area contributed by atoms with E-state index in [4.69, 9.17) is 0 Å². The van der Waals surface area contributed by atoms with Crippen molar-refractivity contribution in [3.8, 4) is 5.88 Å². The maximum Gasteiger partial charge on any atom is 0.422 e. The molecule has 2 aromatic rings. The molecule has 0 radical (unpaired) electrons. The Bertz CT molecular complexity index is 705. The van der Waals surface area contributed by atoms with Crippen LogP contribution in [0.2, 0.25) is 0 Å². The van der Waals surface area contributed by atoms with Gasteiger partial charge >= 0.3 is 6.18 Å². The van der Waals surface area contributed by atoms with Crippen molar-refractivity contribution >= 4 is 5.91 Å². The zero-order valence-corrected chi connectivity index (χ0v) is 12.5. The van der Waals surface area contributed by atoms with Gasteiger partial charge in [-0.3, -0.25) is 4.79 Å². The number of nitrogens with zero attached hydrogens (tertiary/aromatic N) is 1. The molecule has 8 heteroatoms. The summed E-state index contributed by atoms with van der Waals surface area (Å²) in [6, 6.07) is 9.70. The van der Waals surface area contributed by atoms with Crippen molar-refractivity contribution in [2.75, 3.05) is 6.61 Å². The Labute approximate surface area is 136 Å². The van der Waals surface area contributed by atoms with E-state index in [0.29, 0.717) is 11.1 Å². The number of halogens is 3. The molecular weight excluding hydrogens is 325 g/mol. The normalized spacial score (nSPS) is 11.2. The van der Waals surface area contributed by atoms with Gasteiger partial charge in [0, 0.05) is 12.7 Å². The van der Waals surface area contributed by atoms with Gasteiger partial charge < -0.3 is 15.2 Å². The zero-order chi connectivity index (χ0) is 17.6. The van der Waals surface area contributed by atoms with Crippen molar-refractivity contribution in [3.05, 3.63) is 59.3 Å². The molecule has 0 aliphatic heterocycles. The van der Waals surface area contributed by atoms with E-state index in [2.05, 4.69) is 15.0 Å². The summed E-state index contributed by atoms with van der Waals surface area (Å²) < 4.78 is 41.3. The second-order valence-corrected chi connectivity index (χ2v) is 4.87. The first kappa shape index (κ1) is 17.7. The summed E-state index contributed by atoms with van der Waals surface area (Å²) in [5.74, 6) is -1.00. The first-order valence-electron chi connectivity index (χ1n) is 7.01. The number of ether oxygens (including phenoxy) is 1. The Morgan fingerprint density at radius 2 is 1.88 bits per heavy atom. The maximum absolute atomic E-state index is 12.2. The van der Waals surface area contributed by atoms with E-state index in [0.717, 1.165) is 0 Å². The Morgan fingerprint density at radius 3 is 2.54 bits per heavy atom. The molecular formula is C16H15F3N2O3. The predicted octanol–water partition coefficient (Wildman–Crippen LogP) is 2.45. The number of nitrogens with one attached hydrogen (secondary N) is 1. The molecule has 1 aromatic heterocycles. The van der Waals surface area contributed by atoms with Crippen LogP contribution in [0.3, 0.4) is 0 Å². The van der Waals surface area contributed by atoms with Crippen LogP contribution < -0.4 is 10.1 Å². The van der Waals surface area contributed by atoms with E-state index in [9.17, 15) is 23.1 Å². The van der Waals surface area contributed by atoms with Gasteiger partial charge in [-0.2, -0.15) is 13.2 Å². The number of alkyl halides is 3. The van der Waals surface area contributed by atoms with Crippen molar-refractivity contribution < 1.29 is 27.8 Å². The molecule has 0 atom stereocenters. The lowest BCUT2D eigenvalue weighted by molar-refractivity contribution is -0.154. The maximum atomic E-state index is 12.2. The zero-order valence-electron chi connectivity index (χ0n) is 12.5. The number of carbonyl (C=O) groups excluding carboxylic acids is 1. The SMILES string of the molecule is O=C(NCc1ccccc1CO)c1cccnc1OCC(F)(F)F. The molecule has 1 amide bonds. The molecule has 128 valence electrons. The minimum absolute atomic E-state index is 0.0942. The molecule has 0 spiro atoms. The third-order valence-corrected chi connectivity index (χ3v) is 3.12. The molecule has 0 saturated carbocycles. The van der Waals surface area contributed by atoms with Crippen LogP contribution in [-0.2, 0) is 13.2 Å². The van der Waals surface area contributed by atoms with E-state index >= 15 is 0 Å². The highest BCUT2D eigenvalue weighted by molar-refractivity contribution is 5.96. The highest BCUT2D eigenvalue weighted by Crippen LogP contribution is 2.20. The average Bonchev–Trinajstić information content (AvgIpc) is 2.57. The predicted molar refractivity (Wildman–Crippen MR) is 79.3 cm³/mol. The fourth-order valence-corrected chi connectivity index (χ4v) is 1.98. The second-order valence-electron chi connectivity index (χ2n) is 4.87. The Kier molecular flexibility index (Phi) is 5.75. The molecule has 1 heterocycles. The number of carbonyl (C=O) groups is 1. The van der Waals surface area contributed by atoms with E-state index in [1.54, 1.807) is 24.3 Å². The van der Waals surface area contributed by atoms with Gasteiger partial charge in [0.2, 0.25) is 5.88 Å². The van der Waals surface area contributed by atoms with Crippen LogP contribution >= 0.6 is 0 Å². The van der Waals surface area contributed by atoms with Gasteiger partial charge in [-0.1, -0.05) is 24.3 Å². The monoisotopic (exact) mass is 340 g/mol. The molecule has 1 aromatic carbocycles. The van der Waals surface area contributed by atoms with Crippen molar-refractivity contribution in [1.82, 2.24) is 10.3 Å². The van der Waals surface area contributed by atoms with Crippen LogP contribution in [0.25, 0.3) is 0 Å². The highest BCUT2D eigenvalue weighted by atomic mass is 19.4. The van der Waals surface area contributed by atoms with Crippen molar-refractivity contribution in [1.29, 1.82) is 0 Å². The van der Waals surface area contributed by atoms with E-state index in [1.165, 1.54) is 18.3 Å². The molecule has 2 N–H and O–H groups in total. The summed E-state index contributed by atoms with van der Waals surface area (Å²) in [6.07, 6.45) is -3.28. The number of benzene rings is 1. The number of pyridine rings is 1. The first-order chi connectivity index (χ1) is 11.4. The molecule has 0 aliphatic carbocycles. The molecule has 24 heavy (non-hydrogen) atoms. The molecule has 0 unspecified atom stereocenters. The van der Waals surface area contributed by atoms with Gasteiger partial charge in [-0.15, -0.1) is 0 Å². The third kappa shape index (κ3) is 4.95. The topological polar surface area (TPSA) is 71.5 Å². The molecule has 0 fully saturated rings. The van der Waals surface area contributed by atoms with Crippen molar-refractivity contribution in [3.63, 3.8) is 0 Å². The number of rotatable bonds is 6.